The number of H-pyrrole nitrogens is 1. The molecule has 2 unspecified atom stereocenters. The maximum Gasteiger partial charge on any atom is 0.109 e. The summed E-state index contributed by atoms with van der Waals surface area (Å²) in [4.78, 5) is 7.97. The van der Waals surface area contributed by atoms with Gasteiger partial charge in [-0.25, -0.2) is 4.98 Å². The van der Waals surface area contributed by atoms with Gasteiger partial charge < -0.3 is 10.7 Å². The molecule has 3 N–H and O–H groups in total. The minimum Gasteiger partial charge on any atom is -0.342 e. The number of imidazole rings is 1. The van der Waals surface area contributed by atoms with E-state index >= 15 is 0 Å². The maximum absolute atomic E-state index is 6.05. The summed E-state index contributed by atoms with van der Waals surface area (Å²) < 4.78 is 1.92. The van der Waals surface area contributed by atoms with Crippen LogP contribution in [-0.2, 0) is 6.54 Å². The molecule has 2 aromatic heterocycles. The van der Waals surface area contributed by atoms with E-state index in [0.29, 0.717) is 12.0 Å². The number of hydrogen-bond donors (Lipinski definition) is 2. The van der Waals surface area contributed by atoms with Crippen molar-refractivity contribution in [2.75, 3.05) is 0 Å². The molecule has 5 nitrogen and oxygen atoms in total. The van der Waals surface area contributed by atoms with E-state index in [1.165, 1.54) is 12.8 Å². The van der Waals surface area contributed by atoms with Gasteiger partial charge in [-0.15, -0.1) is 0 Å². The van der Waals surface area contributed by atoms with Crippen LogP contribution in [0.5, 0.6) is 0 Å². The molecule has 102 valence electrons. The Morgan fingerprint density at radius 2 is 2.32 bits per heavy atom. The first-order valence-corrected chi connectivity index (χ1v) is 7.09. The predicted octanol–water partition coefficient (Wildman–Crippen LogP) is 2.28. The molecule has 1 fully saturated rings. The summed E-state index contributed by atoms with van der Waals surface area (Å²) in [5, 5.41) is 4.29. The largest absolute Gasteiger partial charge is 0.342 e. The molecule has 0 aliphatic heterocycles. The summed E-state index contributed by atoms with van der Waals surface area (Å²) in [7, 11) is 0. The van der Waals surface area contributed by atoms with Gasteiger partial charge in [-0.3, -0.25) is 4.68 Å². The van der Waals surface area contributed by atoms with Gasteiger partial charge in [0, 0.05) is 30.3 Å². The summed E-state index contributed by atoms with van der Waals surface area (Å²) >= 11 is 0. The minimum absolute atomic E-state index is 0.329. The molecule has 3 rings (SSSR count). The minimum atomic E-state index is 0.329. The number of aromatic amines is 1. The van der Waals surface area contributed by atoms with E-state index in [-0.39, 0.29) is 0 Å². The lowest BCUT2D eigenvalue weighted by Gasteiger charge is -2.24. The van der Waals surface area contributed by atoms with Gasteiger partial charge in [-0.1, -0.05) is 6.42 Å². The second kappa shape index (κ2) is 5.17. The van der Waals surface area contributed by atoms with Gasteiger partial charge in [-0.2, -0.15) is 5.10 Å². The Labute approximate surface area is 113 Å². The van der Waals surface area contributed by atoms with Crippen LogP contribution in [0.15, 0.2) is 18.6 Å². The zero-order valence-corrected chi connectivity index (χ0v) is 11.3. The van der Waals surface area contributed by atoms with Crippen molar-refractivity contribution in [2.45, 2.75) is 51.1 Å². The quantitative estimate of drug-likeness (QED) is 0.888. The van der Waals surface area contributed by atoms with Gasteiger partial charge in [-0.05, 0) is 26.2 Å². The highest BCUT2D eigenvalue weighted by Crippen LogP contribution is 2.31. The first kappa shape index (κ1) is 12.4. The molecular formula is C14H21N5. The number of nitrogens with one attached hydrogen (secondary N) is 1. The summed E-state index contributed by atoms with van der Waals surface area (Å²) in [5.41, 5.74) is 8.19. The van der Waals surface area contributed by atoms with Crippen molar-refractivity contribution in [1.29, 1.82) is 0 Å². The number of hydrogen-bond acceptors (Lipinski definition) is 3. The van der Waals surface area contributed by atoms with Gasteiger partial charge in [0.05, 0.1) is 18.1 Å². The SMILES string of the molecule is CCn1cc(-c2cnc(C3CCCC(N)C3)[nH]2)cn1. The van der Waals surface area contributed by atoms with Gasteiger partial charge >= 0.3 is 0 Å². The van der Waals surface area contributed by atoms with E-state index in [1.54, 1.807) is 0 Å². The molecule has 1 aliphatic rings. The van der Waals surface area contributed by atoms with Crippen molar-refractivity contribution >= 4 is 0 Å². The highest BCUT2D eigenvalue weighted by atomic mass is 15.3. The topological polar surface area (TPSA) is 72.5 Å². The first-order valence-electron chi connectivity index (χ1n) is 7.09. The van der Waals surface area contributed by atoms with Crippen LogP contribution in [0, 0.1) is 0 Å². The first-order chi connectivity index (χ1) is 9.26. The van der Waals surface area contributed by atoms with Crippen LogP contribution in [0.4, 0.5) is 0 Å². The molecule has 1 saturated carbocycles. The lowest BCUT2D eigenvalue weighted by molar-refractivity contribution is 0.383. The third-order valence-corrected chi connectivity index (χ3v) is 3.97. The Morgan fingerprint density at radius 1 is 1.42 bits per heavy atom. The average molecular weight is 259 g/mol. The maximum atomic E-state index is 6.05. The van der Waals surface area contributed by atoms with Gasteiger partial charge in [0.1, 0.15) is 5.82 Å². The summed E-state index contributed by atoms with van der Waals surface area (Å²) in [6.07, 6.45) is 10.4. The van der Waals surface area contributed by atoms with Crippen LogP contribution < -0.4 is 5.73 Å². The van der Waals surface area contributed by atoms with E-state index in [4.69, 9.17) is 5.73 Å². The van der Waals surface area contributed by atoms with Crippen molar-refractivity contribution in [3.05, 3.63) is 24.4 Å². The van der Waals surface area contributed by atoms with Crippen molar-refractivity contribution < 1.29 is 0 Å². The Balaban J connectivity index is 1.78. The van der Waals surface area contributed by atoms with Crippen molar-refractivity contribution in [1.82, 2.24) is 19.7 Å². The number of aryl methyl sites for hydroxylation is 1. The zero-order valence-electron chi connectivity index (χ0n) is 11.3. The van der Waals surface area contributed by atoms with Gasteiger partial charge in [0.25, 0.3) is 0 Å². The molecular weight excluding hydrogens is 238 g/mol. The second-order valence-electron chi connectivity index (χ2n) is 5.39. The van der Waals surface area contributed by atoms with Crippen molar-refractivity contribution in [3.8, 4) is 11.3 Å². The number of aromatic nitrogens is 4. The van der Waals surface area contributed by atoms with Crippen LogP contribution in [0.3, 0.4) is 0 Å². The molecule has 2 heterocycles. The Bertz CT molecular complexity index is 542. The number of nitrogens with two attached hydrogens (primary N) is 1. The van der Waals surface area contributed by atoms with Crippen LogP contribution in [0.1, 0.15) is 44.3 Å². The van der Waals surface area contributed by atoms with Crippen molar-refractivity contribution in [2.24, 2.45) is 5.73 Å². The highest BCUT2D eigenvalue weighted by Gasteiger charge is 2.23. The van der Waals surface area contributed by atoms with Crippen LogP contribution in [0.25, 0.3) is 11.3 Å². The molecule has 2 aromatic rings. The number of nitrogens with zero attached hydrogens (tertiary/aromatic N) is 3. The van der Waals surface area contributed by atoms with E-state index < -0.39 is 0 Å². The van der Waals surface area contributed by atoms with E-state index in [0.717, 1.165) is 36.5 Å². The third kappa shape index (κ3) is 2.56. The molecule has 0 saturated heterocycles. The van der Waals surface area contributed by atoms with Crippen molar-refractivity contribution in [3.63, 3.8) is 0 Å². The molecule has 0 radical (unpaired) electrons. The molecule has 0 bridgehead atoms. The summed E-state index contributed by atoms with van der Waals surface area (Å²) in [6.45, 7) is 2.97. The number of rotatable bonds is 3. The van der Waals surface area contributed by atoms with E-state index in [1.807, 2.05) is 23.3 Å². The summed E-state index contributed by atoms with van der Waals surface area (Å²) in [5.74, 6) is 1.56. The normalized spacial score (nSPS) is 23.7. The lowest BCUT2D eigenvalue weighted by atomic mass is 9.86. The Kier molecular flexibility index (Phi) is 3.38. The Hall–Kier alpha value is -1.62. The third-order valence-electron chi connectivity index (χ3n) is 3.97. The average Bonchev–Trinajstić information content (AvgIpc) is 3.07. The fourth-order valence-corrected chi connectivity index (χ4v) is 2.84. The van der Waals surface area contributed by atoms with Crippen LogP contribution >= 0.6 is 0 Å². The van der Waals surface area contributed by atoms with Crippen LogP contribution in [-0.4, -0.2) is 25.8 Å². The fraction of sp³-hybridized carbons (Fsp3) is 0.571. The lowest BCUT2D eigenvalue weighted by Crippen LogP contribution is -2.27. The molecule has 2 atom stereocenters. The molecule has 19 heavy (non-hydrogen) atoms. The van der Waals surface area contributed by atoms with Gasteiger partial charge in [0.2, 0.25) is 0 Å². The van der Waals surface area contributed by atoms with E-state index in [9.17, 15) is 0 Å². The molecule has 1 aliphatic carbocycles. The monoisotopic (exact) mass is 259 g/mol. The molecule has 5 heteroatoms. The van der Waals surface area contributed by atoms with Gasteiger partial charge in [0.15, 0.2) is 0 Å². The van der Waals surface area contributed by atoms with Crippen LogP contribution in [0.2, 0.25) is 0 Å². The fourth-order valence-electron chi connectivity index (χ4n) is 2.84. The smallest absolute Gasteiger partial charge is 0.109 e. The second-order valence-corrected chi connectivity index (χ2v) is 5.39. The molecule has 0 spiro atoms. The Morgan fingerprint density at radius 3 is 3.05 bits per heavy atom. The zero-order chi connectivity index (χ0) is 13.2. The standard InChI is InChI=1S/C14H21N5/c1-2-19-9-11(7-17-19)13-8-16-14(18-13)10-4-3-5-12(15)6-10/h7-10,12H,2-6,15H2,1H3,(H,16,18). The molecule has 0 aromatic carbocycles. The summed E-state index contributed by atoms with van der Waals surface area (Å²) in [6, 6.07) is 0.329. The molecule has 0 amide bonds. The van der Waals surface area contributed by atoms with E-state index in [2.05, 4.69) is 22.0 Å². The highest BCUT2D eigenvalue weighted by molar-refractivity contribution is 5.56. The predicted molar refractivity (Wildman–Crippen MR) is 74.7 cm³/mol.